The van der Waals surface area contributed by atoms with Crippen molar-refractivity contribution < 1.29 is 4.92 Å². The molecule has 1 aromatic heterocycles. The fourth-order valence-electron chi connectivity index (χ4n) is 3.07. The second-order valence-corrected chi connectivity index (χ2v) is 8.05. The van der Waals surface area contributed by atoms with E-state index in [9.17, 15) is 14.9 Å². The fraction of sp³-hybridized carbons (Fsp3) is 0.0870. The summed E-state index contributed by atoms with van der Waals surface area (Å²) in [5.41, 5.74) is 1.93. The van der Waals surface area contributed by atoms with Crippen molar-refractivity contribution in [2.24, 2.45) is 5.10 Å². The van der Waals surface area contributed by atoms with Gasteiger partial charge in [0.1, 0.15) is 5.82 Å². The van der Waals surface area contributed by atoms with Crippen LogP contribution in [0.5, 0.6) is 0 Å². The molecule has 0 aliphatic rings. The van der Waals surface area contributed by atoms with Crippen LogP contribution in [0.15, 0.2) is 86.4 Å². The average molecular weight is 430 g/mol. The summed E-state index contributed by atoms with van der Waals surface area (Å²) in [6, 6.07) is 19.7. The molecule has 154 valence electrons. The zero-order chi connectivity index (χ0) is 22.0. The van der Waals surface area contributed by atoms with Crippen molar-refractivity contribution in [2.75, 3.05) is 0 Å². The molecule has 0 aliphatic carbocycles. The standard InChI is InChI=1S/C23H18N4O3S/c1-15-7-10-18(11-8-15)31-22-12-9-17(13-21(22)27(29)30)14-24-26-16(2)25-20-6-4-3-5-19(20)23(26)28/h3-14H,1-2H3/b24-14-. The maximum absolute atomic E-state index is 12.7. The predicted octanol–water partition coefficient (Wildman–Crippen LogP) is 4.95. The first-order valence-electron chi connectivity index (χ1n) is 9.48. The highest BCUT2D eigenvalue weighted by atomic mass is 32.2. The fourth-order valence-corrected chi connectivity index (χ4v) is 3.97. The van der Waals surface area contributed by atoms with Crippen molar-refractivity contribution in [1.82, 2.24) is 9.66 Å². The minimum absolute atomic E-state index is 0.0183. The number of nitrogens with zero attached hydrogens (tertiary/aromatic N) is 4. The summed E-state index contributed by atoms with van der Waals surface area (Å²) in [5, 5.41) is 16.3. The molecule has 4 aromatic rings. The molecule has 0 aliphatic heterocycles. The van der Waals surface area contributed by atoms with Crippen molar-refractivity contribution >= 4 is 34.6 Å². The normalized spacial score (nSPS) is 11.3. The zero-order valence-electron chi connectivity index (χ0n) is 16.9. The first-order valence-corrected chi connectivity index (χ1v) is 10.3. The third kappa shape index (κ3) is 4.39. The number of para-hydroxylation sites is 1. The lowest BCUT2D eigenvalue weighted by atomic mass is 10.2. The molecular formula is C23H18N4O3S. The first-order chi connectivity index (χ1) is 14.9. The van der Waals surface area contributed by atoms with Crippen LogP contribution in [0.3, 0.4) is 0 Å². The Hall–Kier alpha value is -3.78. The van der Waals surface area contributed by atoms with E-state index in [0.29, 0.717) is 27.2 Å². The van der Waals surface area contributed by atoms with Crippen LogP contribution in [0, 0.1) is 24.0 Å². The molecule has 0 fully saturated rings. The quantitative estimate of drug-likeness (QED) is 0.254. The maximum Gasteiger partial charge on any atom is 0.283 e. The van der Waals surface area contributed by atoms with Crippen LogP contribution in [0.25, 0.3) is 10.9 Å². The van der Waals surface area contributed by atoms with Gasteiger partial charge >= 0.3 is 0 Å². The molecule has 0 amide bonds. The molecule has 3 aromatic carbocycles. The lowest BCUT2D eigenvalue weighted by molar-refractivity contribution is -0.387. The molecule has 8 heteroatoms. The second-order valence-electron chi connectivity index (χ2n) is 6.94. The van der Waals surface area contributed by atoms with Gasteiger partial charge in [0.05, 0.1) is 26.9 Å². The van der Waals surface area contributed by atoms with E-state index in [0.717, 1.165) is 10.5 Å². The number of benzene rings is 3. The Morgan fingerprint density at radius 1 is 1.06 bits per heavy atom. The van der Waals surface area contributed by atoms with E-state index >= 15 is 0 Å². The highest BCUT2D eigenvalue weighted by molar-refractivity contribution is 7.99. The van der Waals surface area contributed by atoms with Crippen LogP contribution < -0.4 is 5.56 Å². The monoisotopic (exact) mass is 430 g/mol. The molecule has 1 heterocycles. The molecule has 0 atom stereocenters. The Labute approximate surface area is 182 Å². The summed E-state index contributed by atoms with van der Waals surface area (Å²) in [4.78, 5) is 29.8. The summed E-state index contributed by atoms with van der Waals surface area (Å²) in [6.45, 7) is 3.68. The van der Waals surface area contributed by atoms with Gasteiger partial charge in [-0.15, -0.1) is 0 Å². The van der Waals surface area contributed by atoms with Gasteiger partial charge in [0, 0.05) is 16.5 Å². The van der Waals surface area contributed by atoms with E-state index in [2.05, 4.69) is 10.1 Å². The Bertz CT molecular complexity index is 1380. The number of rotatable bonds is 5. The molecule has 31 heavy (non-hydrogen) atoms. The van der Waals surface area contributed by atoms with Crippen LogP contribution in [-0.4, -0.2) is 20.8 Å². The summed E-state index contributed by atoms with van der Waals surface area (Å²) < 4.78 is 1.20. The van der Waals surface area contributed by atoms with Gasteiger partial charge in [0.25, 0.3) is 11.2 Å². The van der Waals surface area contributed by atoms with E-state index in [1.807, 2.05) is 37.3 Å². The Balaban J connectivity index is 1.68. The summed E-state index contributed by atoms with van der Waals surface area (Å²) >= 11 is 1.33. The Kier molecular flexibility index (Phi) is 5.64. The molecular weight excluding hydrogens is 412 g/mol. The van der Waals surface area contributed by atoms with Crippen molar-refractivity contribution in [2.45, 2.75) is 23.6 Å². The van der Waals surface area contributed by atoms with Crippen LogP contribution >= 0.6 is 11.8 Å². The van der Waals surface area contributed by atoms with Gasteiger partial charge in [-0.25, -0.2) is 4.98 Å². The molecule has 0 radical (unpaired) electrons. The summed E-state index contributed by atoms with van der Waals surface area (Å²) in [7, 11) is 0. The number of hydrogen-bond acceptors (Lipinski definition) is 6. The minimum atomic E-state index is -0.414. The zero-order valence-corrected chi connectivity index (χ0v) is 17.7. The van der Waals surface area contributed by atoms with E-state index < -0.39 is 4.92 Å². The third-order valence-corrected chi connectivity index (χ3v) is 5.74. The van der Waals surface area contributed by atoms with Crippen LogP contribution in [0.2, 0.25) is 0 Å². The predicted molar refractivity (Wildman–Crippen MR) is 122 cm³/mol. The Morgan fingerprint density at radius 3 is 2.55 bits per heavy atom. The number of aryl methyl sites for hydroxylation is 2. The highest BCUT2D eigenvalue weighted by Gasteiger charge is 2.16. The molecule has 0 saturated heterocycles. The number of nitro groups is 1. The molecule has 0 spiro atoms. The number of hydrogen-bond donors (Lipinski definition) is 0. The topological polar surface area (TPSA) is 90.4 Å². The van der Waals surface area contributed by atoms with Crippen LogP contribution in [0.4, 0.5) is 5.69 Å². The van der Waals surface area contributed by atoms with Gasteiger partial charge in [-0.3, -0.25) is 14.9 Å². The van der Waals surface area contributed by atoms with Crippen molar-refractivity contribution in [3.05, 3.63) is 104 Å². The maximum atomic E-state index is 12.7. The summed E-state index contributed by atoms with van der Waals surface area (Å²) in [5.74, 6) is 0.431. The Morgan fingerprint density at radius 2 is 1.81 bits per heavy atom. The number of nitro benzene ring substituents is 1. The van der Waals surface area contributed by atoms with E-state index in [4.69, 9.17) is 0 Å². The molecule has 0 saturated carbocycles. The SMILES string of the molecule is Cc1ccc(Sc2ccc(/C=N\n3c(C)nc4ccccc4c3=O)cc2[N+](=O)[O-])cc1. The largest absolute Gasteiger partial charge is 0.283 e. The van der Waals surface area contributed by atoms with E-state index in [1.54, 1.807) is 37.3 Å². The number of aromatic nitrogens is 2. The molecule has 0 bridgehead atoms. The summed E-state index contributed by atoms with van der Waals surface area (Å²) in [6.07, 6.45) is 1.43. The van der Waals surface area contributed by atoms with Gasteiger partial charge < -0.3 is 0 Å². The molecule has 7 nitrogen and oxygen atoms in total. The molecule has 4 rings (SSSR count). The van der Waals surface area contributed by atoms with Gasteiger partial charge in [-0.05, 0) is 44.2 Å². The lowest BCUT2D eigenvalue weighted by Gasteiger charge is -2.06. The van der Waals surface area contributed by atoms with Crippen LogP contribution in [0.1, 0.15) is 17.0 Å². The number of fused-ring (bicyclic) bond motifs is 1. The second kappa shape index (κ2) is 8.53. The smallest absolute Gasteiger partial charge is 0.267 e. The third-order valence-electron chi connectivity index (χ3n) is 4.67. The van der Waals surface area contributed by atoms with E-state index in [1.165, 1.54) is 28.7 Å². The van der Waals surface area contributed by atoms with Gasteiger partial charge in [-0.1, -0.05) is 47.7 Å². The van der Waals surface area contributed by atoms with Crippen molar-refractivity contribution in [3.63, 3.8) is 0 Å². The van der Waals surface area contributed by atoms with E-state index in [-0.39, 0.29) is 11.2 Å². The molecule has 0 unspecified atom stereocenters. The van der Waals surface area contributed by atoms with Gasteiger partial charge in [0.15, 0.2) is 0 Å². The lowest BCUT2D eigenvalue weighted by Crippen LogP contribution is -2.20. The average Bonchev–Trinajstić information content (AvgIpc) is 2.76. The first kappa shape index (κ1) is 20.5. The van der Waals surface area contributed by atoms with Crippen LogP contribution in [-0.2, 0) is 0 Å². The highest BCUT2D eigenvalue weighted by Crippen LogP contribution is 2.35. The van der Waals surface area contributed by atoms with Gasteiger partial charge in [-0.2, -0.15) is 9.78 Å². The molecule has 0 N–H and O–H groups in total. The van der Waals surface area contributed by atoms with Gasteiger partial charge in [0.2, 0.25) is 0 Å². The minimum Gasteiger partial charge on any atom is -0.267 e. The van der Waals surface area contributed by atoms with Crippen molar-refractivity contribution in [1.29, 1.82) is 0 Å². The van der Waals surface area contributed by atoms with Crippen molar-refractivity contribution in [3.8, 4) is 0 Å².